The Bertz CT molecular complexity index is 1320. The van der Waals surface area contributed by atoms with Gasteiger partial charge in [0.2, 0.25) is 0 Å². The van der Waals surface area contributed by atoms with Gasteiger partial charge in [0.05, 0.1) is 10.6 Å². The Morgan fingerprint density at radius 3 is 2.51 bits per heavy atom. The molecule has 0 radical (unpaired) electrons. The predicted molar refractivity (Wildman–Crippen MR) is 132 cm³/mol. The molecule has 1 aromatic heterocycles. The number of furan rings is 1. The maximum absolute atomic E-state index is 12.9. The molecule has 9 heteroatoms. The van der Waals surface area contributed by atoms with Crippen molar-refractivity contribution in [3.05, 3.63) is 92.4 Å². The van der Waals surface area contributed by atoms with E-state index in [0.29, 0.717) is 41.5 Å². The van der Waals surface area contributed by atoms with Crippen molar-refractivity contribution in [2.75, 3.05) is 5.32 Å². The molecule has 1 aliphatic rings. The highest BCUT2D eigenvalue weighted by atomic mass is 16.6. The highest BCUT2D eigenvalue weighted by Gasteiger charge is 2.28. The number of carbonyl (C=O) groups excluding carboxylic acids is 2. The molecule has 4 rings (SSSR count). The molecule has 2 aromatic carbocycles. The molecule has 0 bridgehead atoms. The van der Waals surface area contributed by atoms with Crippen LogP contribution in [-0.4, -0.2) is 22.4 Å². The van der Waals surface area contributed by atoms with Gasteiger partial charge < -0.3 is 9.73 Å². The van der Waals surface area contributed by atoms with Gasteiger partial charge in [-0.1, -0.05) is 32.0 Å². The molecule has 35 heavy (non-hydrogen) atoms. The molecule has 180 valence electrons. The smallest absolute Gasteiger partial charge is 0.291 e. The van der Waals surface area contributed by atoms with Crippen LogP contribution in [-0.2, 0) is 6.42 Å². The van der Waals surface area contributed by atoms with Crippen molar-refractivity contribution in [2.24, 2.45) is 5.10 Å². The average Bonchev–Trinajstić information content (AvgIpc) is 3.20. The van der Waals surface area contributed by atoms with Crippen molar-refractivity contribution in [3.63, 3.8) is 0 Å². The second-order valence-electron chi connectivity index (χ2n) is 8.75. The number of rotatable bonds is 6. The minimum absolute atomic E-state index is 0.132. The SMILES string of the molecule is Cc1c(C(=O)Nc2ccc(C(C)C)cc2)oc2c1/C(=N/NC(=O)c1cccc([N+](=O)[O-])c1)CCC2. The van der Waals surface area contributed by atoms with E-state index in [1.54, 1.807) is 6.92 Å². The van der Waals surface area contributed by atoms with Crippen LogP contribution in [0.2, 0.25) is 0 Å². The summed E-state index contributed by atoms with van der Waals surface area (Å²) in [5.41, 5.74) is 6.26. The van der Waals surface area contributed by atoms with Gasteiger partial charge in [0.1, 0.15) is 5.76 Å². The fourth-order valence-electron chi connectivity index (χ4n) is 4.08. The molecule has 0 saturated heterocycles. The fourth-order valence-corrected chi connectivity index (χ4v) is 4.08. The van der Waals surface area contributed by atoms with Crippen LogP contribution in [0.25, 0.3) is 0 Å². The van der Waals surface area contributed by atoms with E-state index in [9.17, 15) is 19.7 Å². The van der Waals surface area contributed by atoms with Gasteiger partial charge in [-0.2, -0.15) is 5.10 Å². The summed E-state index contributed by atoms with van der Waals surface area (Å²) in [7, 11) is 0. The minimum Gasteiger partial charge on any atom is -0.455 e. The Morgan fingerprint density at radius 1 is 1.09 bits per heavy atom. The summed E-state index contributed by atoms with van der Waals surface area (Å²) in [5, 5.41) is 18.1. The van der Waals surface area contributed by atoms with Gasteiger partial charge in [0, 0.05) is 40.9 Å². The van der Waals surface area contributed by atoms with E-state index in [0.717, 1.165) is 12.0 Å². The number of amides is 2. The number of benzene rings is 2. The molecule has 0 fully saturated rings. The Hall–Kier alpha value is -4.27. The first-order chi connectivity index (χ1) is 16.7. The molecular formula is C26H26N4O5. The van der Waals surface area contributed by atoms with Gasteiger partial charge >= 0.3 is 0 Å². The number of aryl methyl sites for hydroxylation is 1. The second-order valence-corrected chi connectivity index (χ2v) is 8.75. The van der Waals surface area contributed by atoms with Gasteiger partial charge in [0.15, 0.2) is 5.76 Å². The lowest BCUT2D eigenvalue weighted by molar-refractivity contribution is -0.384. The number of anilines is 1. The third-order valence-corrected chi connectivity index (χ3v) is 5.98. The molecule has 0 atom stereocenters. The topological polar surface area (TPSA) is 127 Å². The number of nitro benzene ring substituents is 1. The molecule has 0 unspecified atom stereocenters. The van der Waals surface area contributed by atoms with Gasteiger partial charge in [0.25, 0.3) is 17.5 Å². The first kappa shape index (κ1) is 23.9. The van der Waals surface area contributed by atoms with Crippen molar-refractivity contribution in [1.29, 1.82) is 0 Å². The Labute approximate surface area is 202 Å². The number of nitro groups is 1. The molecule has 0 spiro atoms. The van der Waals surface area contributed by atoms with Crippen LogP contribution in [0.15, 0.2) is 58.0 Å². The van der Waals surface area contributed by atoms with Gasteiger partial charge in [-0.05, 0) is 49.4 Å². The van der Waals surface area contributed by atoms with Crippen molar-refractivity contribution in [2.45, 2.75) is 46.0 Å². The molecule has 0 saturated carbocycles. The Balaban J connectivity index is 1.53. The average molecular weight is 475 g/mol. The number of nitrogens with one attached hydrogen (secondary N) is 2. The predicted octanol–water partition coefficient (Wildman–Crippen LogP) is 5.34. The maximum atomic E-state index is 12.9. The van der Waals surface area contributed by atoms with Crippen LogP contribution in [0.4, 0.5) is 11.4 Å². The van der Waals surface area contributed by atoms with Crippen molar-refractivity contribution in [3.8, 4) is 0 Å². The van der Waals surface area contributed by atoms with E-state index in [-0.39, 0.29) is 22.9 Å². The number of fused-ring (bicyclic) bond motifs is 1. The van der Waals surface area contributed by atoms with Crippen LogP contribution in [0.5, 0.6) is 0 Å². The number of carbonyl (C=O) groups is 2. The lowest BCUT2D eigenvalue weighted by atomic mass is 9.93. The molecule has 2 N–H and O–H groups in total. The zero-order valence-corrected chi connectivity index (χ0v) is 19.8. The molecule has 2 amide bonds. The standard InChI is InChI=1S/C26H26N4O5/c1-15(2)17-10-12-19(13-11-17)27-26(32)24-16(3)23-21(8-5-9-22(23)35-24)28-29-25(31)18-6-4-7-20(14-18)30(33)34/h4,6-7,10-15H,5,8-9H2,1-3H3,(H,27,32)(H,29,31)/b28-21+. The highest BCUT2D eigenvalue weighted by molar-refractivity contribution is 6.09. The summed E-state index contributed by atoms with van der Waals surface area (Å²) in [4.78, 5) is 35.9. The highest BCUT2D eigenvalue weighted by Crippen LogP contribution is 2.30. The fraction of sp³-hybridized carbons (Fsp3) is 0.269. The molecule has 9 nitrogen and oxygen atoms in total. The number of hydrogen-bond donors (Lipinski definition) is 2. The van der Waals surface area contributed by atoms with E-state index in [1.165, 1.54) is 29.8 Å². The van der Waals surface area contributed by atoms with Crippen LogP contribution < -0.4 is 10.7 Å². The molecule has 1 aliphatic carbocycles. The van der Waals surface area contributed by atoms with Crippen molar-refractivity contribution >= 4 is 28.9 Å². The summed E-state index contributed by atoms with van der Waals surface area (Å²) >= 11 is 0. The van der Waals surface area contributed by atoms with E-state index in [4.69, 9.17) is 4.42 Å². The van der Waals surface area contributed by atoms with E-state index in [2.05, 4.69) is 29.7 Å². The normalized spacial score (nSPS) is 14.0. The monoisotopic (exact) mass is 474 g/mol. The van der Waals surface area contributed by atoms with Crippen LogP contribution >= 0.6 is 0 Å². The van der Waals surface area contributed by atoms with E-state index in [1.807, 2.05) is 24.3 Å². The number of hydrogen-bond acceptors (Lipinski definition) is 6. The maximum Gasteiger partial charge on any atom is 0.291 e. The lowest BCUT2D eigenvalue weighted by Gasteiger charge is -2.13. The second kappa shape index (κ2) is 9.92. The third kappa shape index (κ3) is 5.13. The van der Waals surface area contributed by atoms with Gasteiger partial charge in [-0.25, -0.2) is 5.43 Å². The molecule has 1 heterocycles. The van der Waals surface area contributed by atoms with Crippen molar-refractivity contribution in [1.82, 2.24) is 5.43 Å². The van der Waals surface area contributed by atoms with E-state index >= 15 is 0 Å². The largest absolute Gasteiger partial charge is 0.455 e. The first-order valence-electron chi connectivity index (χ1n) is 11.4. The molecule has 3 aromatic rings. The zero-order chi connectivity index (χ0) is 25.1. The summed E-state index contributed by atoms with van der Waals surface area (Å²) < 4.78 is 5.92. The number of nitrogens with zero attached hydrogens (tertiary/aromatic N) is 2. The van der Waals surface area contributed by atoms with Gasteiger partial charge in [-0.3, -0.25) is 19.7 Å². The summed E-state index contributed by atoms with van der Waals surface area (Å²) in [6.45, 7) is 6.01. The summed E-state index contributed by atoms with van der Waals surface area (Å²) in [5.74, 6) is 0.348. The number of hydrazone groups is 1. The van der Waals surface area contributed by atoms with Gasteiger partial charge in [-0.15, -0.1) is 0 Å². The minimum atomic E-state index is -0.559. The van der Waals surface area contributed by atoms with Crippen LogP contribution in [0, 0.1) is 17.0 Å². The summed E-state index contributed by atoms with van der Waals surface area (Å²) in [6.07, 6.45) is 2.01. The third-order valence-electron chi connectivity index (χ3n) is 5.98. The number of non-ortho nitro benzene ring substituents is 1. The molecule has 0 aliphatic heterocycles. The van der Waals surface area contributed by atoms with Crippen LogP contribution in [0.1, 0.15) is 76.0 Å². The quantitative estimate of drug-likeness (QED) is 0.368. The summed E-state index contributed by atoms with van der Waals surface area (Å²) in [6, 6.07) is 13.1. The molecular weight excluding hydrogens is 448 g/mol. The van der Waals surface area contributed by atoms with Crippen molar-refractivity contribution < 1.29 is 18.9 Å². The first-order valence-corrected chi connectivity index (χ1v) is 11.4. The Morgan fingerprint density at radius 2 is 1.83 bits per heavy atom. The Kier molecular flexibility index (Phi) is 6.77. The van der Waals surface area contributed by atoms with E-state index < -0.39 is 10.8 Å². The lowest BCUT2D eigenvalue weighted by Crippen LogP contribution is -2.22. The van der Waals surface area contributed by atoms with Crippen LogP contribution in [0.3, 0.4) is 0 Å². The zero-order valence-electron chi connectivity index (χ0n) is 19.8.